The second kappa shape index (κ2) is 5.62. The minimum absolute atomic E-state index is 0.215. The first kappa shape index (κ1) is 15.2. The van der Waals surface area contributed by atoms with Crippen LogP contribution in [0.2, 0.25) is 0 Å². The Morgan fingerprint density at radius 3 is 2.84 bits per heavy atom. The van der Waals surface area contributed by atoms with Gasteiger partial charge in [0.1, 0.15) is 5.65 Å². The lowest BCUT2D eigenvalue weighted by Gasteiger charge is -2.10. The summed E-state index contributed by atoms with van der Waals surface area (Å²) in [6.07, 6.45) is 4.33. The Morgan fingerprint density at radius 1 is 1.20 bits per heavy atom. The number of pyridine rings is 1. The molecule has 0 bridgehead atoms. The van der Waals surface area contributed by atoms with Crippen molar-refractivity contribution < 1.29 is 14.3 Å². The highest BCUT2D eigenvalue weighted by Gasteiger charge is 2.13. The van der Waals surface area contributed by atoms with Gasteiger partial charge >= 0.3 is 6.09 Å². The van der Waals surface area contributed by atoms with Crippen LogP contribution >= 0.6 is 0 Å². The number of aromatic nitrogens is 3. The number of nitrogens with zero attached hydrogens (tertiary/aromatic N) is 2. The van der Waals surface area contributed by atoms with Gasteiger partial charge in [-0.3, -0.25) is 5.32 Å². The number of hydrogen-bond acceptors (Lipinski definition) is 3. The molecule has 0 spiro atoms. The molecule has 25 heavy (non-hydrogen) atoms. The third kappa shape index (κ3) is 2.50. The second-order valence-corrected chi connectivity index (χ2v) is 5.95. The minimum atomic E-state index is -1.20. The molecule has 4 aromatic rings. The highest BCUT2D eigenvalue weighted by Crippen LogP contribution is 2.34. The molecule has 0 fully saturated rings. The Morgan fingerprint density at radius 2 is 2.04 bits per heavy atom. The van der Waals surface area contributed by atoms with Crippen LogP contribution in [0.1, 0.15) is 11.1 Å². The van der Waals surface area contributed by atoms with Crippen molar-refractivity contribution in [2.24, 2.45) is 0 Å². The van der Waals surface area contributed by atoms with E-state index in [2.05, 4.69) is 46.2 Å². The van der Waals surface area contributed by atoms with E-state index >= 15 is 0 Å². The number of amides is 1. The summed E-state index contributed by atoms with van der Waals surface area (Å²) >= 11 is 0. The van der Waals surface area contributed by atoms with Crippen LogP contribution in [0.15, 0.2) is 42.9 Å². The summed E-state index contributed by atoms with van der Waals surface area (Å²) in [6, 6.07) is 7.98. The zero-order valence-electron chi connectivity index (χ0n) is 13.6. The van der Waals surface area contributed by atoms with Crippen LogP contribution in [-0.4, -0.2) is 20.5 Å². The van der Waals surface area contributed by atoms with Crippen LogP contribution in [0.3, 0.4) is 0 Å². The molecule has 0 radical (unpaired) electrons. The molecular weight excluding hydrogens is 323 g/mol. The maximum absolute atomic E-state index is 11.9. The number of rotatable bonds is 2. The molecular formula is C18H15FN4O2. The van der Waals surface area contributed by atoms with Gasteiger partial charge in [0.05, 0.1) is 6.20 Å². The van der Waals surface area contributed by atoms with Crippen molar-refractivity contribution in [2.75, 3.05) is 5.32 Å². The van der Waals surface area contributed by atoms with Crippen LogP contribution in [0.5, 0.6) is 0 Å². The molecule has 0 aliphatic heterocycles. The summed E-state index contributed by atoms with van der Waals surface area (Å²) in [7, 11) is 0. The van der Waals surface area contributed by atoms with E-state index in [0.29, 0.717) is 5.65 Å². The summed E-state index contributed by atoms with van der Waals surface area (Å²) < 4.78 is 13.6. The van der Waals surface area contributed by atoms with Crippen molar-refractivity contribution in [3.63, 3.8) is 0 Å². The Balaban J connectivity index is 1.86. The molecule has 2 N–H and O–H groups in total. The number of carbonyl (C=O) groups excluding carboxylic acids is 1. The highest BCUT2D eigenvalue weighted by molar-refractivity contribution is 5.99. The van der Waals surface area contributed by atoms with Gasteiger partial charge in [-0.25, -0.2) is 14.7 Å². The maximum Gasteiger partial charge on any atom is 0.450 e. The molecule has 3 aromatic heterocycles. The van der Waals surface area contributed by atoms with Crippen LogP contribution in [-0.2, 0) is 4.94 Å². The fourth-order valence-electron chi connectivity index (χ4n) is 3.19. The summed E-state index contributed by atoms with van der Waals surface area (Å²) in [6.45, 7) is 4.14. The van der Waals surface area contributed by atoms with Crippen LogP contribution in [0, 0.1) is 13.8 Å². The van der Waals surface area contributed by atoms with Crippen molar-refractivity contribution in [3.8, 4) is 11.1 Å². The van der Waals surface area contributed by atoms with Crippen LogP contribution in [0.25, 0.3) is 27.7 Å². The molecule has 0 saturated heterocycles. The zero-order chi connectivity index (χ0) is 17.6. The van der Waals surface area contributed by atoms with Gasteiger partial charge in [-0.05, 0) is 54.3 Å². The van der Waals surface area contributed by atoms with Crippen molar-refractivity contribution in [1.29, 1.82) is 0 Å². The monoisotopic (exact) mass is 338 g/mol. The SMILES string of the molecule is Cc1ccc2[nH]cc(C)c2c1-c1ccc2nc(NC(=O)OF)cn2c1. The topological polar surface area (TPSA) is 71.4 Å². The maximum atomic E-state index is 11.9. The van der Waals surface area contributed by atoms with E-state index in [-0.39, 0.29) is 5.82 Å². The van der Waals surface area contributed by atoms with Crippen molar-refractivity contribution in [2.45, 2.75) is 13.8 Å². The van der Waals surface area contributed by atoms with E-state index in [1.165, 1.54) is 10.9 Å². The first-order valence-corrected chi connectivity index (χ1v) is 7.73. The average molecular weight is 338 g/mol. The van der Waals surface area contributed by atoms with E-state index in [9.17, 15) is 9.32 Å². The number of halogens is 1. The Labute approximate surface area is 142 Å². The molecule has 6 nitrogen and oxygen atoms in total. The Bertz CT molecular complexity index is 1110. The molecule has 1 amide bonds. The third-order valence-corrected chi connectivity index (χ3v) is 4.29. The molecule has 0 saturated carbocycles. The van der Waals surface area contributed by atoms with Crippen molar-refractivity contribution in [3.05, 3.63) is 54.0 Å². The summed E-state index contributed by atoms with van der Waals surface area (Å²) in [5.41, 5.74) is 6.21. The molecule has 4 rings (SSSR count). The van der Waals surface area contributed by atoms with Crippen LogP contribution < -0.4 is 5.32 Å². The van der Waals surface area contributed by atoms with Gasteiger partial charge in [-0.2, -0.15) is 0 Å². The number of H-pyrrole nitrogens is 1. The van der Waals surface area contributed by atoms with Gasteiger partial charge in [0.15, 0.2) is 5.82 Å². The number of aryl methyl sites for hydroxylation is 2. The third-order valence-electron chi connectivity index (χ3n) is 4.29. The predicted molar refractivity (Wildman–Crippen MR) is 93.2 cm³/mol. The summed E-state index contributed by atoms with van der Waals surface area (Å²) in [5, 5.41) is 3.39. The highest BCUT2D eigenvalue weighted by atomic mass is 19.3. The molecule has 0 aliphatic rings. The fraction of sp³-hybridized carbons (Fsp3) is 0.111. The summed E-state index contributed by atoms with van der Waals surface area (Å²) in [5.74, 6) is 0.215. The van der Waals surface area contributed by atoms with Crippen molar-refractivity contribution in [1.82, 2.24) is 14.4 Å². The van der Waals surface area contributed by atoms with E-state index in [1.54, 1.807) is 10.6 Å². The number of carbonyl (C=O) groups is 1. The van der Waals surface area contributed by atoms with Crippen LogP contribution in [0.4, 0.5) is 15.1 Å². The first-order valence-electron chi connectivity index (χ1n) is 7.73. The molecule has 3 heterocycles. The lowest BCUT2D eigenvalue weighted by atomic mass is 9.96. The van der Waals surface area contributed by atoms with Gasteiger partial charge in [0, 0.05) is 27.8 Å². The van der Waals surface area contributed by atoms with Gasteiger partial charge in [0.25, 0.3) is 0 Å². The molecule has 0 atom stereocenters. The molecule has 7 heteroatoms. The van der Waals surface area contributed by atoms with Gasteiger partial charge in [0.2, 0.25) is 0 Å². The Kier molecular flexibility index (Phi) is 3.42. The quantitative estimate of drug-likeness (QED) is 0.564. The number of aromatic amines is 1. The van der Waals surface area contributed by atoms with Gasteiger partial charge in [-0.1, -0.05) is 6.07 Å². The zero-order valence-corrected chi connectivity index (χ0v) is 13.6. The number of benzene rings is 1. The predicted octanol–water partition coefficient (Wildman–Crippen LogP) is 4.53. The lowest BCUT2D eigenvalue weighted by Crippen LogP contribution is -2.09. The average Bonchev–Trinajstić information content (AvgIpc) is 3.17. The number of hydrogen-bond donors (Lipinski definition) is 2. The summed E-state index contributed by atoms with van der Waals surface area (Å²) in [4.78, 5) is 21.6. The number of nitrogens with one attached hydrogen (secondary N) is 2. The molecule has 1 aromatic carbocycles. The number of fused-ring (bicyclic) bond motifs is 2. The van der Waals surface area contributed by atoms with E-state index in [1.807, 2.05) is 24.5 Å². The minimum Gasteiger partial charge on any atom is -0.361 e. The van der Waals surface area contributed by atoms with Gasteiger partial charge in [-0.15, -0.1) is 0 Å². The molecule has 0 unspecified atom stereocenters. The molecule has 0 aliphatic carbocycles. The Hall–Kier alpha value is -3.35. The van der Waals surface area contributed by atoms with Gasteiger partial charge < -0.3 is 9.38 Å². The number of anilines is 1. The molecule has 126 valence electrons. The largest absolute Gasteiger partial charge is 0.450 e. The van der Waals surface area contributed by atoms with E-state index < -0.39 is 6.09 Å². The van der Waals surface area contributed by atoms with Crippen molar-refractivity contribution >= 4 is 28.5 Å². The lowest BCUT2D eigenvalue weighted by molar-refractivity contribution is -0.0544. The second-order valence-electron chi connectivity index (χ2n) is 5.95. The first-order chi connectivity index (χ1) is 12.1. The van der Waals surface area contributed by atoms with E-state index in [4.69, 9.17) is 0 Å². The normalized spacial score (nSPS) is 11.2. The fourth-order valence-corrected chi connectivity index (χ4v) is 3.19. The smallest absolute Gasteiger partial charge is 0.361 e. The van der Waals surface area contributed by atoms with E-state index in [0.717, 1.165) is 22.2 Å². The number of imidazole rings is 1. The standard InChI is InChI=1S/C18H15FN4O2/c1-10-3-5-13-17(11(2)7-20-13)16(10)12-4-6-15-21-14(9-23(15)8-12)22-18(24)25-19/h3-9,20H,1-2H3,(H,22,24).